The molecule has 0 aromatic heterocycles. The molecule has 0 bridgehead atoms. The van der Waals surface area contributed by atoms with Crippen LogP contribution < -0.4 is 0 Å². The van der Waals surface area contributed by atoms with Gasteiger partial charge in [-0.15, -0.1) is 0 Å². The highest BCUT2D eigenvalue weighted by molar-refractivity contribution is 14.2. The SMILES string of the molecule is N=S(=O)(I)C(F)(F)F. The van der Waals surface area contributed by atoms with E-state index in [1.165, 1.54) is 0 Å². The van der Waals surface area contributed by atoms with Gasteiger partial charge in [-0.1, -0.05) is 0 Å². The molecule has 2 nitrogen and oxygen atoms in total. The zero-order valence-electron chi connectivity index (χ0n) is 3.33. The molecule has 0 amide bonds. The lowest BCUT2D eigenvalue weighted by Crippen LogP contribution is -2.14. The van der Waals surface area contributed by atoms with Gasteiger partial charge in [0.2, 0.25) is 0 Å². The lowest BCUT2D eigenvalue weighted by Gasteiger charge is -2.00. The number of hydrogen-bond acceptors (Lipinski definition) is 2. The van der Waals surface area contributed by atoms with Crippen molar-refractivity contribution in [3.63, 3.8) is 0 Å². The standard InChI is InChI=1S/CHF3INOS/c2-1(3,4)8(5,6)7/h6H. The van der Waals surface area contributed by atoms with E-state index >= 15 is 0 Å². The van der Waals surface area contributed by atoms with E-state index in [1.807, 2.05) is 0 Å². The topological polar surface area (TPSA) is 40.9 Å². The van der Waals surface area contributed by atoms with Crippen molar-refractivity contribution in [1.29, 1.82) is 4.78 Å². The first-order valence-electron chi connectivity index (χ1n) is 1.30. The van der Waals surface area contributed by atoms with Gasteiger partial charge < -0.3 is 0 Å². The molecule has 7 heteroatoms. The van der Waals surface area contributed by atoms with Crippen LogP contribution in [0.5, 0.6) is 0 Å². The Bertz CT molecular complexity index is 168. The van der Waals surface area contributed by atoms with E-state index in [9.17, 15) is 17.4 Å². The molecule has 0 fully saturated rings. The minimum absolute atomic E-state index is 0.553. The molecule has 0 radical (unpaired) electrons. The maximum absolute atomic E-state index is 11.1. The van der Waals surface area contributed by atoms with Crippen LogP contribution in [0.15, 0.2) is 0 Å². The van der Waals surface area contributed by atoms with Gasteiger partial charge in [0.25, 0.3) is 0 Å². The molecule has 1 unspecified atom stereocenters. The van der Waals surface area contributed by atoms with Crippen molar-refractivity contribution in [2.24, 2.45) is 0 Å². The van der Waals surface area contributed by atoms with Gasteiger partial charge in [0.1, 0.15) is 0 Å². The molecule has 50 valence electrons. The van der Waals surface area contributed by atoms with Crippen LogP contribution in [0.3, 0.4) is 0 Å². The Kier molecular flexibility index (Phi) is 2.13. The summed E-state index contributed by atoms with van der Waals surface area (Å²) < 4.78 is 49.0. The summed E-state index contributed by atoms with van der Waals surface area (Å²) in [6.07, 6.45) is 0. The molecule has 0 aliphatic rings. The average molecular weight is 259 g/mol. The predicted octanol–water partition coefficient (Wildman–Crippen LogP) is 1.90. The molecular formula is CHF3INOS. The highest BCUT2D eigenvalue weighted by Crippen LogP contribution is 2.28. The number of halogens is 4. The molecule has 0 rings (SSSR count). The van der Waals surface area contributed by atoms with Crippen molar-refractivity contribution in [2.75, 3.05) is 0 Å². The van der Waals surface area contributed by atoms with Crippen molar-refractivity contribution in [2.45, 2.75) is 5.51 Å². The lowest BCUT2D eigenvalue weighted by molar-refractivity contribution is -0.0378. The molecule has 0 saturated heterocycles. The average Bonchev–Trinajstić information content (AvgIpc) is 1.25. The van der Waals surface area contributed by atoms with E-state index in [2.05, 4.69) is 0 Å². The van der Waals surface area contributed by atoms with Gasteiger partial charge in [-0.2, -0.15) is 13.2 Å². The Morgan fingerprint density at radius 2 is 1.62 bits per heavy atom. The molecule has 0 aliphatic heterocycles. The minimum Gasteiger partial charge on any atom is -0.237 e. The smallest absolute Gasteiger partial charge is 0.237 e. The fraction of sp³-hybridized carbons (Fsp3) is 1.00. The van der Waals surface area contributed by atoms with Gasteiger partial charge in [-0.05, 0) is 0 Å². The summed E-state index contributed by atoms with van der Waals surface area (Å²) in [5.74, 6) is 0. The van der Waals surface area contributed by atoms with Crippen molar-refractivity contribution in [3.8, 4) is 0 Å². The molecule has 0 aromatic carbocycles. The summed E-state index contributed by atoms with van der Waals surface area (Å²) >= 11 is 0.553. The summed E-state index contributed by atoms with van der Waals surface area (Å²) in [6.45, 7) is -4.37. The van der Waals surface area contributed by atoms with Gasteiger partial charge in [0.05, 0.1) is 21.2 Å². The Morgan fingerprint density at radius 3 is 1.62 bits per heavy atom. The number of hydrogen-bond donors (Lipinski definition) is 1. The highest BCUT2D eigenvalue weighted by Gasteiger charge is 2.39. The van der Waals surface area contributed by atoms with E-state index in [0.29, 0.717) is 21.2 Å². The zero-order chi connectivity index (χ0) is 7.00. The molecule has 0 aromatic rings. The molecule has 1 atom stereocenters. The Morgan fingerprint density at radius 1 is 1.50 bits per heavy atom. The quantitative estimate of drug-likeness (QED) is 0.523. The molecule has 0 saturated carbocycles. The second-order valence-electron chi connectivity index (χ2n) is 0.932. The first-order chi connectivity index (χ1) is 3.25. The summed E-state index contributed by atoms with van der Waals surface area (Å²) in [6, 6.07) is 0. The molecule has 1 N–H and O–H groups in total. The van der Waals surface area contributed by atoms with Crippen molar-refractivity contribution < 1.29 is 17.4 Å². The summed E-state index contributed by atoms with van der Waals surface area (Å²) in [5.41, 5.74) is -4.88. The minimum atomic E-state index is -4.88. The molecule has 0 aliphatic carbocycles. The van der Waals surface area contributed by atoms with Crippen LogP contribution in [-0.4, -0.2) is 9.72 Å². The fourth-order valence-corrected chi connectivity index (χ4v) is 0. The third-order valence-electron chi connectivity index (χ3n) is 0.298. The van der Waals surface area contributed by atoms with Crippen LogP contribution in [-0.2, 0) is 6.90 Å². The van der Waals surface area contributed by atoms with Crippen molar-refractivity contribution >= 4 is 28.1 Å². The van der Waals surface area contributed by atoms with E-state index < -0.39 is 12.4 Å². The van der Waals surface area contributed by atoms with Gasteiger partial charge in [0.15, 0.2) is 6.90 Å². The monoisotopic (exact) mass is 259 g/mol. The first kappa shape index (κ1) is 8.47. The second-order valence-corrected chi connectivity index (χ2v) is 6.09. The first-order valence-corrected chi connectivity index (χ1v) is 5.40. The maximum atomic E-state index is 11.1. The summed E-state index contributed by atoms with van der Waals surface area (Å²) in [5, 5.41) is 0. The molecular weight excluding hydrogens is 258 g/mol. The van der Waals surface area contributed by atoms with Crippen molar-refractivity contribution in [3.05, 3.63) is 0 Å². The Hall–Kier alpha value is 0.470. The third-order valence-corrected chi connectivity index (χ3v) is 2.39. The van der Waals surface area contributed by atoms with Gasteiger partial charge in [0, 0.05) is 0 Å². The van der Waals surface area contributed by atoms with Crippen LogP contribution >= 0.6 is 21.2 Å². The predicted molar refractivity (Wildman–Crippen MR) is 30.9 cm³/mol. The Balaban J connectivity index is 4.53. The maximum Gasteiger partial charge on any atom is 0.488 e. The Labute approximate surface area is 56.0 Å². The van der Waals surface area contributed by atoms with Crippen LogP contribution in [0.25, 0.3) is 0 Å². The number of alkyl halides is 3. The van der Waals surface area contributed by atoms with E-state index in [0.717, 1.165) is 0 Å². The van der Waals surface area contributed by atoms with Crippen LogP contribution in [0.4, 0.5) is 13.2 Å². The van der Waals surface area contributed by atoms with Crippen LogP contribution in [0.2, 0.25) is 0 Å². The molecule has 0 spiro atoms. The summed E-state index contributed by atoms with van der Waals surface area (Å²) in [4.78, 5) is 0. The van der Waals surface area contributed by atoms with Crippen molar-refractivity contribution in [1.82, 2.24) is 0 Å². The third kappa shape index (κ3) is 2.16. The normalized spacial score (nSPS) is 20.0. The molecule has 0 heterocycles. The van der Waals surface area contributed by atoms with Gasteiger partial charge in [-0.25, -0.2) is 8.99 Å². The zero-order valence-corrected chi connectivity index (χ0v) is 6.30. The van der Waals surface area contributed by atoms with E-state index in [-0.39, 0.29) is 0 Å². The number of nitrogens with one attached hydrogen (secondary N) is 1. The largest absolute Gasteiger partial charge is 0.488 e. The van der Waals surface area contributed by atoms with Gasteiger partial charge in [-0.3, -0.25) is 0 Å². The van der Waals surface area contributed by atoms with Crippen LogP contribution in [0.1, 0.15) is 0 Å². The van der Waals surface area contributed by atoms with E-state index in [4.69, 9.17) is 4.78 Å². The number of rotatable bonds is 0. The lowest BCUT2D eigenvalue weighted by atomic mass is 11.6. The summed E-state index contributed by atoms with van der Waals surface area (Å²) in [7, 11) is 0. The highest BCUT2D eigenvalue weighted by atomic mass is 127. The van der Waals surface area contributed by atoms with Gasteiger partial charge >= 0.3 is 5.51 Å². The van der Waals surface area contributed by atoms with E-state index in [1.54, 1.807) is 0 Å². The fourth-order valence-electron chi connectivity index (χ4n) is 0. The van der Waals surface area contributed by atoms with Crippen LogP contribution in [0, 0.1) is 4.78 Å². The molecule has 8 heavy (non-hydrogen) atoms. The second kappa shape index (κ2) is 2.01.